The molecule has 3 rings (SSSR count). The molecule has 188 valence electrons. The Bertz CT molecular complexity index is 947. The van der Waals surface area contributed by atoms with E-state index in [0.717, 1.165) is 12.1 Å². The van der Waals surface area contributed by atoms with Crippen molar-refractivity contribution in [3.63, 3.8) is 0 Å². The topological polar surface area (TPSA) is 90.9 Å². The molecule has 3 N–H and O–H groups in total. The van der Waals surface area contributed by atoms with Crippen LogP contribution in [0.25, 0.3) is 0 Å². The third kappa shape index (κ3) is 7.79. The van der Waals surface area contributed by atoms with Crippen LogP contribution in [0.3, 0.4) is 0 Å². The first-order valence-electron chi connectivity index (χ1n) is 10.4. The Morgan fingerprint density at radius 1 is 1.41 bits per heavy atom. The molecule has 1 amide bonds. The number of alkyl halides is 3. The van der Waals surface area contributed by atoms with E-state index < -0.39 is 27.7 Å². The number of halogens is 4. The molecule has 0 aliphatic carbocycles. The minimum atomic E-state index is -4.76. The standard InChI is InChI=1S/C21H25F4N3O4S2/c1-20(27-14(11-33-20)7-19(30)31)34-12-18(29)26-8-15-10-28(4-5-32-15)9-13-2-3-17(22)16(6-13)21(23,24)25/h2-3,6,11,15,27H,4-5,7-10,12H2,1H3,(H,26,29)(H,30,31). The van der Waals surface area contributed by atoms with Gasteiger partial charge in [0.2, 0.25) is 5.91 Å². The Morgan fingerprint density at radius 2 is 2.18 bits per heavy atom. The fourth-order valence-electron chi connectivity index (χ4n) is 3.53. The van der Waals surface area contributed by atoms with E-state index in [-0.39, 0.29) is 37.3 Å². The number of benzene rings is 1. The van der Waals surface area contributed by atoms with E-state index in [2.05, 4.69) is 10.6 Å². The zero-order valence-electron chi connectivity index (χ0n) is 18.3. The molecular weight excluding hydrogens is 498 g/mol. The molecule has 0 radical (unpaired) electrons. The van der Waals surface area contributed by atoms with Gasteiger partial charge < -0.3 is 20.5 Å². The molecular formula is C21H25F4N3O4S2. The first-order chi connectivity index (χ1) is 15.9. The van der Waals surface area contributed by atoms with Crippen molar-refractivity contribution in [3.05, 3.63) is 46.2 Å². The summed E-state index contributed by atoms with van der Waals surface area (Å²) in [4.78, 5) is 25.0. The van der Waals surface area contributed by atoms with Crippen molar-refractivity contribution >= 4 is 35.4 Å². The molecule has 1 fully saturated rings. The van der Waals surface area contributed by atoms with Crippen molar-refractivity contribution in [2.24, 2.45) is 0 Å². The molecule has 0 bridgehead atoms. The van der Waals surface area contributed by atoms with Gasteiger partial charge in [0.25, 0.3) is 0 Å². The van der Waals surface area contributed by atoms with Gasteiger partial charge in [-0.25, -0.2) is 4.39 Å². The summed E-state index contributed by atoms with van der Waals surface area (Å²) in [5.41, 5.74) is -0.346. The lowest BCUT2D eigenvalue weighted by atomic mass is 10.1. The zero-order valence-corrected chi connectivity index (χ0v) is 19.9. The number of nitrogens with one attached hydrogen (secondary N) is 2. The van der Waals surface area contributed by atoms with E-state index in [1.165, 1.54) is 29.6 Å². The number of rotatable bonds is 9. The van der Waals surface area contributed by atoms with Crippen LogP contribution in [-0.2, 0) is 27.0 Å². The lowest BCUT2D eigenvalue weighted by Crippen LogP contribution is -2.47. The predicted octanol–water partition coefficient (Wildman–Crippen LogP) is 3.22. The largest absolute Gasteiger partial charge is 0.481 e. The van der Waals surface area contributed by atoms with Gasteiger partial charge in [-0.1, -0.05) is 17.8 Å². The number of carboxylic acid groups (broad SMARTS) is 1. The highest BCUT2D eigenvalue weighted by Crippen LogP contribution is 2.41. The number of carboxylic acids is 1. The number of carbonyl (C=O) groups excluding carboxylic acids is 1. The zero-order chi connectivity index (χ0) is 24.9. The van der Waals surface area contributed by atoms with Crippen LogP contribution in [0.15, 0.2) is 29.3 Å². The monoisotopic (exact) mass is 523 g/mol. The van der Waals surface area contributed by atoms with Gasteiger partial charge in [0.05, 0.1) is 30.4 Å². The number of aliphatic carboxylic acids is 1. The summed E-state index contributed by atoms with van der Waals surface area (Å²) in [6, 6.07) is 2.98. The second-order valence-corrected chi connectivity index (χ2v) is 11.0. The molecule has 0 spiro atoms. The molecule has 7 nitrogen and oxygen atoms in total. The summed E-state index contributed by atoms with van der Waals surface area (Å²) >= 11 is 2.75. The molecule has 2 heterocycles. The quantitative estimate of drug-likeness (QED) is 0.425. The van der Waals surface area contributed by atoms with Crippen LogP contribution in [0.1, 0.15) is 24.5 Å². The van der Waals surface area contributed by atoms with Gasteiger partial charge in [0.15, 0.2) is 0 Å². The van der Waals surface area contributed by atoms with Gasteiger partial charge in [-0.15, -0.1) is 11.8 Å². The van der Waals surface area contributed by atoms with E-state index in [0.29, 0.717) is 31.0 Å². The number of thioether (sulfide) groups is 2. The van der Waals surface area contributed by atoms with Gasteiger partial charge in [0.1, 0.15) is 10.0 Å². The summed E-state index contributed by atoms with van der Waals surface area (Å²) in [5.74, 6) is -2.30. The van der Waals surface area contributed by atoms with E-state index in [1.54, 1.807) is 5.41 Å². The van der Waals surface area contributed by atoms with Crippen LogP contribution in [-0.4, -0.2) is 64.2 Å². The third-order valence-electron chi connectivity index (χ3n) is 5.13. The Labute approximate surface area is 202 Å². The van der Waals surface area contributed by atoms with Crippen molar-refractivity contribution in [1.82, 2.24) is 15.5 Å². The average Bonchev–Trinajstić information content (AvgIpc) is 3.12. The predicted molar refractivity (Wildman–Crippen MR) is 121 cm³/mol. The maximum atomic E-state index is 13.5. The van der Waals surface area contributed by atoms with Gasteiger partial charge >= 0.3 is 12.1 Å². The van der Waals surface area contributed by atoms with E-state index in [4.69, 9.17) is 9.84 Å². The summed E-state index contributed by atoms with van der Waals surface area (Å²) in [5, 5.41) is 16.5. The number of carbonyl (C=O) groups is 2. The van der Waals surface area contributed by atoms with Crippen molar-refractivity contribution in [1.29, 1.82) is 0 Å². The highest BCUT2D eigenvalue weighted by Gasteiger charge is 2.35. The molecule has 13 heteroatoms. The maximum absolute atomic E-state index is 13.5. The molecule has 1 saturated heterocycles. The first-order valence-corrected chi connectivity index (χ1v) is 12.3. The Kier molecular flexibility index (Phi) is 8.77. The fraction of sp³-hybridized carbons (Fsp3) is 0.524. The number of hydrogen-bond acceptors (Lipinski definition) is 7. The Balaban J connectivity index is 1.42. The lowest BCUT2D eigenvalue weighted by molar-refractivity contribution is -0.140. The molecule has 2 aliphatic heterocycles. The van der Waals surface area contributed by atoms with Crippen LogP contribution in [0.4, 0.5) is 17.6 Å². The van der Waals surface area contributed by atoms with Crippen molar-refractivity contribution in [3.8, 4) is 0 Å². The highest BCUT2D eigenvalue weighted by molar-refractivity contribution is 8.19. The lowest BCUT2D eigenvalue weighted by Gasteiger charge is -2.33. The van der Waals surface area contributed by atoms with Crippen molar-refractivity contribution in [2.75, 3.05) is 32.0 Å². The maximum Gasteiger partial charge on any atom is 0.419 e. The van der Waals surface area contributed by atoms with E-state index >= 15 is 0 Å². The minimum absolute atomic E-state index is 0.111. The Morgan fingerprint density at radius 3 is 2.88 bits per heavy atom. The minimum Gasteiger partial charge on any atom is -0.481 e. The number of morpholine rings is 1. The molecule has 34 heavy (non-hydrogen) atoms. The van der Waals surface area contributed by atoms with Gasteiger partial charge in [-0.2, -0.15) is 13.2 Å². The smallest absolute Gasteiger partial charge is 0.419 e. The number of ether oxygens (including phenoxy) is 1. The number of nitrogens with zero attached hydrogens (tertiary/aromatic N) is 1. The summed E-state index contributed by atoms with van der Waals surface area (Å²) in [6.07, 6.45) is -5.20. The first kappa shape index (κ1) is 26.6. The van der Waals surface area contributed by atoms with Crippen molar-refractivity contribution in [2.45, 2.75) is 36.4 Å². The average molecular weight is 524 g/mol. The van der Waals surface area contributed by atoms with Crippen LogP contribution in [0, 0.1) is 5.82 Å². The number of hydrogen-bond donors (Lipinski definition) is 3. The molecule has 2 unspecified atom stereocenters. The molecule has 2 atom stereocenters. The fourth-order valence-corrected chi connectivity index (χ4v) is 5.53. The van der Waals surface area contributed by atoms with Crippen LogP contribution < -0.4 is 10.6 Å². The molecule has 1 aromatic rings. The van der Waals surface area contributed by atoms with Gasteiger partial charge in [0, 0.05) is 31.9 Å². The Hall–Kier alpha value is -1.96. The summed E-state index contributed by atoms with van der Waals surface area (Å²) in [7, 11) is 0. The second-order valence-electron chi connectivity index (χ2n) is 8.03. The van der Waals surface area contributed by atoms with Gasteiger partial charge in [-0.05, 0) is 30.0 Å². The molecule has 0 saturated carbocycles. The molecule has 0 aromatic heterocycles. The summed E-state index contributed by atoms with van der Waals surface area (Å²) < 4.78 is 57.5. The molecule has 1 aromatic carbocycles. The summed E-state index contributed by atoms with van der Waals surface area (Å²) in [6.45, 7) is 3.59. The third-order valence-corrected chi connectivity index (χ3v) is 7.78. The van der Waals surface area contributed by atoms with Gasteiger partial charge in [-0.3, -0.25) is 14.5 Å². The number of amides is 1. The normalized spacial score (nSPS) is 23.3. The highest BCUT2D eigenvalue weighted by atomic mass is 32.2. The van der Waals surface area contributed by atoms with Crippen LogP contribution >= 0.6 is 23.5 Å². The van der Waals surface area contributed by atoms with E-state index in [1.807, 2.05) is 11.8 Å². The van der Waals surface area contributed by atoms with Crippen molar-refractivity contribution < 1.29 is 37.0 Å². The van der Waals surface area contributed by atoms with E-state index in [9.17, 15) is 27.2 Å². The van der Waals surface area contributed by atoms with Crippen LogP contribution in [0.2, 0.25) is 0 Å². The SMILES string of the molecule is CC1(SCC(=O)NCC2CN(Cc3ccc(F)c(C(F)(F)F)c3)CCO2)NC(CC(=O)O)=CS1. The van der Waals surface area contributed by atoms with Crippen LogP contribution in [0.5, 0.6) is 0 Å². The second kappa shape index (κ2) is 11.2. The molecule has 2 aliphatic rings.